The van der Waals surface area contributed by atoms with E-state index in [4.69, 9.17) is 17.0 Å². The number of hydrogen-bond donors (Lipinski definition) is 0. The molecule has 0 spiro atoms. The third-order valence-corrected chi connectivity index (χ3v) is 1.19. The largest absolute Gasteiger partial charge is 1.00 e. The van der Waals surface area contributed by atoms with E-state index in [-0.39, 0.29) is 12.4 Å². The number of nitrogens with zero attached hydrogens (tertiary/aromatic N) is 2. The lowest BCUT2D eigenvalue weighted by Crippen LogP contribution is -3.00. The third kappa shape index (κ3) is 2.22. The Morgan fingerprint density at radius 3 is 2.10 bits per heavy atom. The second-order valence-electron chi connectivity index (χ2n) is 1.58. The van der Waals surface area contributed by atoms with Crippen molar-refractivity contribution in [3.63, 3.8) is 0 Å². The average Bonchev–Trinajstić information content (AvgIpc) is 1.90. The van der Waals surface area contributed by atoms with Crippen molar-refractivity contribution in [2.45, 2.75) is 0 Å². The van der Waals surface area contributed by atoms with E-state index in [1.165, 1.54) is 0 Å². The lowest BCUT2D eigenvalue weighted by Gasteiger charge is -1.78. The first-order valence-electron chi connectivity index (χ1n) is 2.43. The van der Waals surface area contributed by atoms with Gasteiger partial charge in [0.25, 0.3) is 0 Å². The van der Waals surface area contributed by atoms with Crippen LogP contribution < -0.4 is 12.4 Å². The second kappa shape index (κ2) is 4.10. The first-order chi connectivity index (χ1) is 4.33. The Morgan fingerprint density at radius 2 is 1.70 bits per heavy atom. The van der Waals surface area contributed by atoms with E-state index in [1.807, 2.05) is 0 Å². The fourth-order valence-electron chi connectivity index (χ4n) is 0.508. The van der Waals surface area contributed by atoms with Crippen molar-refractivity contribution in [3.8, 4) is 0 Å². The summed E-state index contributed by atoms with van der Waals surface area (Å²) in [4.78, 5) is 2.95. The Morgan fingerprint density at radius 1 is 1.20 bits per heavy atom. The van der Waals surface area contributed by atoms with Crippen molar-refractivity contribution in [2.75, 3.05) is 0 Å². The van der Waals surface area contributed by atoms with Gasteiger partial charge in [0.15, 0.2) is 4.98 Å². The van der Waals surface area contributed by atoms with Crippen LogP contribution in [-0.4, -0.2) is 0 Å². The summed E-state index contributed by atoms with van der Waals surface area (Å²) in [7, 11) is 0. The lowest BCUT2D eigenvalue weighted by molar-refractivity contribution is -0.00000196. The van der Waals surface area contributed by atoms with Gasteiger partial charge in [-0.15, -0.1) is 0 Å². The molecule has 0 saturated carbocycles. The van der Waals surface area contributed by atoms with E-state index in [0.717, 1.165) is 0 Å². The first-order valence-corrected chi connectivity index (χ1v) is 2.81. The number of hydrogen-bond acceptors (Lipinski definition) is 1. The molecule has 1 aromatic carbocycles. The van der Waals surface area contributed by atoms with E-state index < -0.39 is 0 Å². The van der Waals surface area contributed by atoms with Crippen molar-refractivity contribution in [1.29, 1.82) is 5.39 Å². The van der Waals surface area contributed by atoms with Gasteiger partial charge in [-0.3, -0.25) is 0 Å². The Labute approximate surface area is 69.8 Å². The highest BCUT2D eigenvalue weighted by Crippen LogP contribution is 2.15. The summed E-state index contributed by atoms with van der Waals surface area (Å²) in [6, 6.07) is 6.58. The van der Waals surface area contributed by atoms with E-state index in [1.54, 1.807) is 24.3 Å². The SMILES string of the molecule is N#[N+]c1ccc(Cl)cc1.[Cl-]. The summed E-state index contributed by atoms with van der Waals surface area (Å²) in [5, 5.41) is 8.85. The van der Waals surface area contributed by atoms with Crippen molar-refractivity contribution in [3.05, 3.63) is 34.3 Å². The number of halogens is 2. The monoisotopic (exact) mass is 174 g/mol. The van der Waals surface area contributed by atoms with Gasteiger partial charge in [-0.1, -0.05) is 11.6 Å². The maximum Gasteiger partial charge on any atom is 0.385 e. The van der Waals surface area contributed by atoms with Gasteiger partial charge < -0.3 is 12.4 Å². The minimum Gasteiger partial charge on any atom is -1.00 e. The van der Waals surface area contributed by atoms with Crippen LogP contribution in [0.2, 0.25) is 5.02 Å². The minimum absolute atomic E-state index is 0. The van der Waals surface area contributed by atoms with Crippen LogP contribution in [0.4, 0.5) is 5.69 Å². The second-order valence-corrected chi connectivity index (χ2v) is 2.01. The highest BCUT2D eigenvalue weighted by Gasteiger charge is 1.99. The first kappa shape index (κ1) is 9.22. The van der Waals surface area contributed by atoms with Crippen LogP contribution >= 0.6 is 11.6 Å². The molecule has 1 aromatic rings. The summed E-state index contributed by atoms with van der Waals surface area (Å²) in [5.41, 5.74) is 0.513. The van der Waals surface area contributed by atoms with E-state index in [0.29, 0.717) is 10.7 Å². The molecule has 0 aromatic heterocycles. The molecule has 0 saturated heterocycles. The normalized spacial score (nSPS) is 7.60. The van der Waals surface area contributed by atoms with Crippen molar-refractivity contribution in [2.24, 2.45) is 0 Å². The molecule has 0 aliphatic carbocycles. The third-order valence-electron chi connectivity index (χ3n) is 0.942. The van der Waals surface area contributed by atoms with Crippen LogP contribution in [0.5, 0.6) is 0 Å². The Bertz CT molecular complexity index is 237. The van der Waals surface area contributed by atoms with Crippen molar-refractivity contribution < 1.29 is 12.4 Å². The minimum atomic E-state index is 0. The molecule has 0 N–H and O–H groups in total. The van der Waals surface area contributed by atoms with E-state index in [9.17, 15) is 0 Å². The average molecular weight is 175 g/mol. The van der Waals surface area contributed by atoms with Gasteiger partial charge in [0, 0.05) is 17.2 Å². The molecule has 0 aliphatic rings. The van der Waals surface area contributed by atoms with E-state index >= 15 is 0 Å². The molecule has 2 nitrogen and oxygen atoms in total. The molecule has 52 valence electrons. The maximum atomic E-state index is 8.21. The molecule has 0 fully saturated rings. The summed E-state index contributed by atoms with van der Waals surface area (Å²) in [6.45, 7) is 0. The Balaban J connectivity index is 0.000000810. The fourth-order valence-corrected chi connectivity index (χ4v) is 0.634. The number of rotatable bonds is 0. The lowest BCUT2D eigenvalue weighted by atomic mass is 10.3. The zero-order chi connectivity index (χ0) is 6.69. The Kier molecular flexibility index (Phi) is 3.78. The summed E-state index contributed by atoms with van der Waals surface area (Å²) < 4.78 is 0. The number of benzene rings is 1. The summed E-state index contributed by atoms with van der Waals surface area (Å²) >= 11 is 5.55. The Hall–Kier alpha value is -0.780. The topological polar surface area (TPSA) is 28.1 Å². The maximum absolute atomic E-state index is 8.21. The molecule has 1 rings (SSSR count). The zero-order valence-corrected chi connectivity index (χ0v) is 6.47. The molecule has 10 heavy (non-hydrogen) atoms. The predicted octanol–water partition coefficient (Wildman–Crippen LogP) is -0.171. The molecular formula is C6H4Cl2N2. The van der Waals surface area contributed by atoms with Gasteiger partial charge in [-0.25, -0.2) is 0 Å². The molecule has 0 radical (unpaired) electrons. The zero-order valence-electron chi connectivity index (χ0n) is 4.96. The van der Waals surface area contributed by atoms with Crippen LogP contribution in [0.25, 0.3) is 4.98 Å². The van der Waals surface area contributed by atoms with Gasteiger partial charge in [-0.05, 0) is 12.1 Å². The summed E-state index contributed by atoms with van der Waals surface area (Å²) in [5.74, 6) is 0. The highest BCUT2D eigenvalue weighted by atomic mass is 35.5. The predicted molar refractivity (Wildman–Crippen MR) is 36.2 cm³/mol. The van der Waals surface area contributed by atoms with Gasteiger partial charge in [0.05, 0.1) is 0 Å². The molecule has 0 atom stereocenters. The standard InChI is InChI=1S/C6H4ClN2.ClH/c7-5-1-3-6(9-8)4-2-5;/h1-4H;1H/q+1;/p-1. The number of diazo groups is 1. The van der Waals surface area contributed by atoms with Gasteiger partial charge in [0.2, 0.25) is 5.39 Å². The molecule has 0 amide bonds. The molecule has 0 aliphatic heterocycles. The van der Waals surface area contributed by atoms with Crippen LogP contribution in [0.15, 0.2) is 24.3 Å². The van der Waals surface area contributed by atoms with Crippen molar-refractivity contribution >= 4 is 17.3 Å². The van der Waals surface area contributed by atoms with E-state index in [2.05, 4.69) is 4.98 Å². The molecule has 0 unspecified atom stereocenters. The quantitative estimate of drug-likeness (QED) is 0.503. The van der Waals surface area contributed by atoms with Gasteiger partial charge in [0.1, 0.15) is 0 Å². The molecule has 0 heterocycles. The van der Waals surface area contributed by atoms with Crippen LogP contribution in [0.1, 0.15) is 0 Å². The smallest absolute Gasteiger partial charge is 0.385 e. The molecule has 4 heteroatoms. The molecular weight excluding hydrogens is 171 g/mol. The van der Waals surface area contributed by atoms with Crippen molar-refractivity contribution in [1.82, 2.24) is 0 Å². The molecule has 0 bridgehead atoms. The van der Waals surface area contributed by atoms with Crippen LogP contribution in [0.3, 0.4) is 0 Å². The van der Waals surface area contributed by atoms with Gasteiger partial charge >= 0.3 is 5.69 Å². The highest BCUT2D eigenvalue weighted by molar-refractivity contribution is 6.30. The van der Waals surface area contributed by atoms with Gasteiger partial charge in [-0.2, -0.15) is 0 Å². The van der Waals surface area contributed by atoms with Crippen LogP contribution in [-0.2, 0) is 0 Å². The fraction of sp³-hybridized carbons (Fsp3) is 0. The summed E-state index contributed by atoms with van der Waals surface area (Å²) in [6.07, 6.45) is 0. The van der Waals surface area contributed by atoms with Crippen LogP contribution in [0, 0.1) is 5.39 Å².